The molecule has 0 aliphatic rings. The van der Waals surface area contributed by atoms with Crippen molar-refractivity contribution >= 4 is 33.6 Å². The number of thioether (sulfide) groups is 1. The molecular weight excluding hydrogens is 344 g/mol. The van der Waals surface area contributed by atoms with Gasteiger partial charge in [0.1, 0.15) is 0 Å². The molecular formula is C12H13BrN4O2S. The number of aromatic nitrogens is 2. The van der Waals surface area contributed by atoms with Gasteiger partial charge in [-0.2, -0.15) is 4.98 Å². The van der Waals surface area contributed by atoms with Crippen LogP contribution in [0.5, 0.6) is 0 Å². The lowest BCUT2D eigenvalue weighted by atomic mass is 10.4. The van der Waals surface area contributed by atoms with Crippen LogP contribution in [0.2, 0.25) is 0 Å². The largest absolute Gasteiger partial charge is 0.369 e. The van der Waals surface area contributed by atoms with Gasteiger partial charge in [-0.05, 0) is 28.1 Å². The highest BCUT2D eigenvalue weighted by atomic mass is 79.9. The normalized spacial score (nSPS) is 10.7. The quantitative estimate of drug-likeness (QED) is 0.733. The monoisotopic (exact) mass is 356 g/mol. The molecule has 1 heterocycles. The molecule has 106 valence electrons. The van der Waals surface area contributed by atoms with Gasteiger partial charge in [0.25, 0.3) is 0 Å². The first-order chi connectivity index (χ1) is 9.65. The summed E-state index contributed by atoms with van der Waals surface area (Å²) in [5.41, 5.74) is 5.01. The Morgan fingerprint density at radius 2 is 2.25 bits per heavy atom. The van der Waals surface area contributed by atoms with Gasteiger partial charge in [-0.15, -0.1) is 11.8 Å². The molecule has 0 spiro atoms. The van der Waals surface area contributed by atoms with Crippen LogP contribution in [-0.4, -0.2) is 22.6 Å². The van der Waals surface area contributed by atoms with E-state index in [1.165, 1.54) is 0 Å². The van der Waals surface area contributed by atoms with Crippen molar-refractivity contribution in [3.63, 3.8) is 0 Å². The maximum absolute atomic E-state index is 10.6. The molecule has 20 heavy (non-hydrogen) atoms. The number of hydrogen-bond donors (Lipinski definition) is 2. The molecule has 0 bridgehead atoms. The number of halogens is 1. The first kappa shape index (κ1) is 15.0. The molecule has 0 saturated carbocycles. The van der Waals surface area contributed by atoms with Crippen molar-refractivity contribution in [3.05, 3.63) is 40.5 Å². The lowest BCUT2D eigenvalue weighted by Crippen LogP contribution is -2.28. The van der Waals surface area contributed by atoms with E-state index in [-0.39, 0.29) is 6.54 Å². The SMILES string of the molecule is NC(=O)CNCc1nc(CSc2ccccc2Br)no1. The number of rotatable bonds is 7. The summed E-state index contributed by atoms with van der Waals surface area (Å²) >= 11 is 5.10. The third kappa shape index (κ3) is 4.62. The summed E-state index contributed by atoms with van der Waals surface area (Å²) in [7, 11) is 0. The lowest BCUT2D eigenvalue weighted by molar-refractivity contribution is -0.117. The summed E-state index contributed by atoms with van der Waals surface area (Å²) < 4.78 is 6.10. The van der Waals surface area contributed by atoms with E-state index in [4.69, 9.17) is 10.3 Å². The number of carbonyl (C=O) groups excluding carboxylic acids is 1. The Bertz CT molecular complexity index is 590. The number of hydrogen-bond acceptors (Lipinski definition) is 6. The molecule has 0 aliphatic heterocycles. The zero-order valence-electron chi connectivity index (χ0n) is 10.5. The molecule has 3 N–H and O–H groups in total. The molecule has 0 radical (unpaired) electrons. The number of amides is 1. The van der Waals surface area contributed by atoms with E-state index in [1.54, 1.807) is 11.8 Å². The minimum atomic E-state index is -0.422. The zero-order chi connectivity index (χ0) is 14.4. The predicted octanol–water partition coefficient (Wildman–Crippen LogP) is 1.70. The summed E-state index contributed by atoms with van der Waals surface area (Å²) in [6.45, 7) is 0.416. The van der Waals surface area contributed by atoms with E-state index in [9.17, 15) is 4.79 Å². The van der Waals surface area contributed by atoms with Gasteiger partial charge in [-0.3, -0.25) is 10.1 Å². The highest BCUT2D eigenvalue weighted by molar-refractivity contribution is 9.10. The van der Waals surface area contributed by atoms with Crippen molar-refractivity contribution in [3.8, 4) is 0 Å². The maximum Gasteiger partial charge on any atom is 0.240 e. The Kier molecular flexibility index (Phi) is 5.57. The summed E-state index contributed by atoms with van der Waals surface area (Å²) in [4.78, 5) is 15.9. The maximum atomic E-state index is 10.6. The fourth-order valence-corrected chi connectivity index (χ4v) is 2.83. The highest BCUT2D eigenvalue weighted by Gasteiger charge is 2.08. The van der Waals surface area contributed by atoms with Crippen LogP contribution in [0.3, 0.4) is 0 Å². The average Bonchev–Trinajstić information content (AvgIpc) is 2.85. The number of nitrogens with two attached hydrogens (primary N) is 1. The number of carbonyl (C=O) groups is 1. The molecule has 6 nitrogen and oxygen atoms in total. The van der Waals surface area contributed by atoms with E-state index in [0.717, 1.165) is 9.37 Å². The van der Waals surface area contributed by atoms with Gasteiger partial charge in [-0.25, -0.2) is 0 Å². The number of primary amides is 1. The third-order valence-electron chi connectivity index (χ3n) is 2.28. The van der Waals surface area contributed by atoms with E-state index in [2.05, 4.69) is 31.4 Å². The van der Waals surface area contributed by atoms with Gasteiger partial charge in [0, 0.05) is 9.37 Å². The highest BCUT2D eigenvalue weighted by Crippen LogP contribution is 2.28. The van der Waals surface area contributed by atoms with E-state index in [1.807, 2.05) is 24.3 Å². The first-order valence-corrected chi connectivity index (χ1v) is 7.61. The standard InChI is InChI=1S/C12H13BrN4O2S/c13-8-3-1-2-4-9(8)20-7-11-16-12(19-17-11)6-15-5-10(14)18/h1-4,15H,5-7H2,(H2,14,18). The molecule has 0 atom stereocenters. The van der Waals surface area contributed by atoms with Gasteiger partial charge in [-0.1, -0.05) is 17.3 Å². The molecule has 1 aromatic carbocycles. The van der Waals surface area contributed by atoms with Gasteiger partial charge >= 0.3 is 0 Å². The Morgan fingerprint density at radius 1 is 1.45 bits per heavy atom. The Balaban J connectivity index is 1.84. The average molecular weight is 357 g/mol. The van der Waals surface area contributed by atoms with Gasteiger partial charge < -0.3 is 10.3 Å². The van der Waals surface area contributed by atoms with Gasteiger partial charge in [0.15, 0.2) is 5.82 Å². The van der Waals surface area contributed by atoms with E-state index in [0.29, 0.717) is 24.0 Å². The van der Waals surface area contributed by atoms with Crippen molar-refractivity contribution in [2.45, 2.75) is 17.2 Å². The van der Waals surface area contributed by atoms with Crippen LogP contribution in [0.4, 0.5) is 0 Å². The van der Waals surface area contributed by atoms with Crippen LogP contribution < -0.4 is 11.1 Å². The van der Waals surface area contributed by atoms with Gasteiger partial charge in [0.05, 0.1) is 18.8 Å². The fraction of sp³-hybridized carbons (Fsp3) is 0.250. The Morgan fingerprint density at radius 3 is 3.00 bits per heavy atom. The third-order valence-corrected chi connectivity index (χ3v) is 4.30. The Hall–Kier alpha value is -1.38. The first-order valence-electron chi connectivity index (χ1n) is 5.83. The molecule has 1 aromatic heterocycles. The van der Waals surface area contributed by atoms with Crippen molar-refractivity contribution < 1.29 is 9.32 Å². The topological polar surface area (TPSA) is 94.0 Å². The van der Waals surface area contributed by atoms with Crippen molar-refractivity contribution in [1.29, 1.82) is 0 Å². The minimum Gasteiger partial charge on any atom is -0.369 e. The van der Waals surface area contributed by atoms with Crippen LogP contribution in [-0.2, 0) is 17.1 Å². The van der Waals surface area contributed by atoms with Gasteiger partial charge in [0.2, 0.25) is 11.8 Å². The zero-order valence-corrected chi connectivity index (χ0v) is 12.9. The predicted molar refractivity (Wildman–Crippen MR) is 78.9 cm³/mol. The fourth-order valence-electron chi connectivity index (χ4n) is 1.42. The molecule has 0 unspecified atom stereocenters. The number of nitrogens with one attached hydrogen (secondary N) is 1. The number of nitrogens with zero attached hydrogens (tertiary/aromatic N) is 2. The molecule has 8 heteroatoms. The molecule has 0 aliphatic carbocycles. The summed E-state index contributed by atoms with van der Waals surface area (Å²) in [5.74, 6) is 1.24. The molecule has 2 rings (SSSR count). The molecule has 1 amide bonds. The van der Waals surface area contributed by atoms with Crippen LogP contribution in [0.15, 0.2) is 38.2 Å². The van der Waals surface area contributed by atoms with Crippen molar-refractivity contribution in [2.24, 2.45) is 5.73 Å². The smallest absolute Gasteiger partial charge is 0.240 e. The molecule has 0 fully saturated rings. The van der Waals surface area contributed by atoms with Crippen LogP contribution in [0, 0.1) is 0 Å². The molecule has 0 saturated heterocycles. The Labute approximate surface area is 128 Å². The van der Waals surface area contributed by atoms with Crippen molar-refractivity contribution in [2.75, 3.05) is 6.54 Å². The summed E-state index contributed by atoms with van der Waals surface area (Å²) in [6, 6.07) is 7.94. The summed E-state index contributed by atoms with van der Waals surface area (Å²) in [6.07, 6.45) is 0. The second-order valence-electron chi connectivity index (χ2n) is 3.89. The minimum absolute atomic E-state index is 0.0867. The lowest BCUT2D eigenvalue weighted by Gasteiger charge is -2.00. The van der Waals surface area contributed by atoms with E-state index >= 15 is 0 Å². The number of benzene rings is 1. The van der Waals surface area contributed by atoms with E-state index < -0.39 is 5.91 Å². The summed E-state index contributed by atoms with van der Waals surface area (Å²) in [5, 5.41) is 6.69. The van der Waals surface area contributed by atoms with Crippen LogP contribution >= 0.6 is 27.7 Å². The second-order valence-corrected chi connectivity index (χ2v) is 5.76. The second kappa shape index (κ2) is 7.41. The van der Waals surface area contributed by atoms with Crippen molar-refractivity contribution in [1.82, 2.24) is 15.5 Å². The molecule has 2 aromatic rings. The van der Waals surface area contributed by atoms with Crippen LogP contribution in [0.1, 0.15) is 11.7 Å². The van der Waals surface area contributed by atoms with Crippen LogP contribution in [0.25, 0.3) is 0 Å².